The minimum atomic E-state index is 0.733. The first kappa shape index (κ1) is 8.31. The highest BCUT2D eigenvalue weighted by atomic mass is 32.1. The average Bonchev–Trinajstić information content (AvgIpc) is 2.72. The van der Waals surface area contributed by atoms with Crippen LogP contribution in [0.1, 0.15) is 4.88 Å². The average molecular weight is 193 g/mol. The number of aromatic nitrogens is 2. The fourth-order valence-electron chi connectivity index (χ4n) is 1.20. The molecule has 0 fully saturated rings. The lowest BCUT2D eigenvalue weighted by molar-refractivity contribution is 0.627. The van der Waals surface area contributed by atoms with E-state index in [4.69, 9.17) is 5.73 Å². The van der Waals surface area contributed by atoms with Crippen molar-refractivity contribution < 1.29 is 0 Å². The molecule has 0 radical (unpaired) electrons. The van der Waals surface area contributed by atoms with Gasteiger partial charge in [0.2, 0.25) is 0 Å². The zero-order valence-corrected chi connectivity index (χ0v) is 8.00. The van der Waals surface area contributed by atoms with Crippen molar-refractivity contribution in [1.82, 2.24) is 9.78 Å². The summed E-state index contributed by atoms with van der Waals surface area (Å²) in [4.78, 5) is 1.37. The fourth-order valence-corrected chi connectivity index (χ4v) is 1.90. The molecular weight excluding hydrogens is 182 g/mol. The first-order valence-electron chi connectivity index (χ1n) is 4.16. The molecule has 13 heavy (non-hydrogen) atoms. The Labute approximate surface area is 80.8 Å². The van der Waals surface area contributed by atoms with Crippen LogP contribution in [0.25, 0.3) is 0 Å². The number of rotatable bonds is 3. The predicted molar refractivity (Wildman–Crippen MR) is 54.7 cm³/mol. The molecule has 2 aromatic heterocycles. The first-order chi connectivity index (χ1) is 6.36. The summed E-state index contributed by atoms with van der Waals surface area (Å²) in [5.74, 6) is 0.733. The van der Waals surface area contributed by atoms with Gasteiger partial charge < -0.3 is 5.73 Å². The molecule has 0 aliphatic rings. The predicted octanol–water partition coefficient (Wildman–Crippen LogP) is 1.77. The van der Waals surface area contributed by atoms with Crippen LogP contribution in [0.15, 0.2) is 29.8 Å². The van der Waals surface area contributed by atoms with Gasteiger partial charge in [0.1, 0.15) is 5.82 Å². The molecule has 4 heteroatoms. The zero-order chi connectivity index (χ0) is 9.10. The molecule has 0 bridgehead atoms. The second kappa shape index (κ2) is 3.62. The second-order valence-electron chi connectivity index (χ2n) is 2.81. The Hall–Kier alpha value is -1.29. The zero-order valence-electron chi connectivity index (χ0n) is 7.18. The van der Waals surface area contributed by atoms with Crippen LogP contribution in [0.4, 0.5) is 5.82 Å². The maximum absolute atomic E-state index is 5.68. The molecule has 3 nitrogen and oxygen atoms in total. The Morgan fingerprint density at radius 1 is 1.46 bits per heavy atom. The molecule has 2 aromatic rings. The SMILES string of the molecule is Nc1ccnn1CCc1cccs1. The third-order valence-electron chi connectivity index (χ3n) is 1.90. The fraction of sp³-hybridized carbons (Fsp3) is 0.222. The Bertz CT molecular complexity index is 364. The molecule has 0 spiro atoms. The molecule has 0 saturated heterocycles. The van der Waals surface area contributed by atoms with E-state index < -0.39 is 0 Å². The summed E-state index contributed by atoms with van der Waals surface area (Å²) >= 11 is 1.77. The van der Waals surface area contributed by atoms with Crippen molar-refractivity contribution in [2.24, 2.45) is 0 Å². The molecule has 0 aliphatic carbocycles. The molecule has 68 valence electrons. The molecular formula is C9H11N3S. The summed E-state index contributed by atoms with van der Waals surface area (Å²) < 4.78 is 1.82. The number of hydrogen-bond donors (Lipinski definition) is 1. The van der Waals surface area contributed by atoms with Gasteiger partial charge in [-0.3, -0.25) is 0 Å². The summed E-state index contributed by atoms with van der Waals surface area (Å²) in [6.07, 6.45) is 2.73. The summed E-state index contributed by atoms with van der Waals surface area (Å²) in [6, 6.07) is 6.01. The Morgan fingerprint density at radius 2 is 2.38 bits per heavy atom. The van der Waals surface area contributed by atoms with Crippen molar-refractivity contribution in [3.05, 3.63) is 34.7 Å². The van der Waals surface area contributed by atoms with E-state index in [1.165, 1.54) is 4.88 Å². The minimum Gasteiger partial charge on any atom is -0.384 e. The normalized spacial score (nSPS) is 10.5. The van der Waals surface area contributed by atoms with E-state index in [-0.39, 0.29) is 0 Å². The van der Waals surface area contributed by atoms with E-state index in [2.05, 4.69) is 22.6 Å². The lowest BCUT2D eigenvalue weighted by Crippen LogP contribution is -2.05. The van der Waals surface area contributed by atoms with Crippen molar-refractivity contribution in [3.63, 3.8) is 0 Å². The highest BCUT2D eigenvalue weighted by Crippen LogP contribution is 2.10. The monoisotopic (exact) mass is 193 g/mol. The van der Waals surface area contributed by atoms with Crippen LogP contribution in [0, 0.1) is 0 Å². The van der Waals surface area contributed by atoms with Gasteiger partial charge in [0, 0.05) is 17.8 Å². The standard InChI is InChI=1S/C9H11N3S/c10-9-3-5-11-12(9)6-4-8-2-1-7-13-8/h1-3,5,7H,4,6,10H2. The summed E-state index contributed by atoms with van der Waals surface area (Å²) in [5, 5.41) is 6.20. The molecule has 0 atom stereocenters. The molecule has 2 heterocycles. The molecule has 0 saturated carbocycles. The van der Waals surface area contributed by atoms with Gasteiger partial charge in [0.05, 0.1) is 6.20 Å². The van der Waals surface area contributed by atoms with Gasteiger partial charge in [-0.1, -0.05) is 6.07 Å². The number of hydrogen-bond acceptors (Lipinski definition) is 3. The van der Waals surface area contributed by atoms with E-state index in [0.717, 1.165) is 18.8 Å². The Balaban J connectivity index is 1.97. The van der Waals surface area contributed by atoms with Crippen molar-refractivity contribution >= 4 is 17.2 Å². The third-order valence-corrected chi connectivity index (χ3v) is 2.84. The van der Waals surface area contributed by atoms with Gasteiger partial charge in [0.25, 0.3) is 0 Å². The van der Waals surface area contributed by atoms with Gasteiger partial charge in [-0.2, -0.15) is 5.10 Å². The van der Waals surface area contributed by atoms with Crippen molar-refractivity contribution in [1.29, 1.82) is 0 Å². The Kier molecular flexibility index (Phi) is 2.31. The van der Waals surface area contributed by atoms with Crippen LogP contribution in [-0.4, -0.2) is 9.78 Å². The molecule has 0 amide bonds. The number of nitrogen functional groups attached to an aromatic ring is 1. The van der Waals surface area contributed by atoms with Gasteiger partial charge >= 0.3 is 0 Å². The van der Waals surface area contributed by atoms with Gasteiger partial charge in [-0.15, -0.1) is 11.3 Å². The maximum atomic E-state index is 5.68. The van der Waals surface area contributed by atoms with Crippen LogP contribution in [0.2, 0.25) is 0 Å². The first-order valence-corrected chi connectivity index (χ1v) is 5.04. The van der Waals surface area contributed by atoms with Crippen molar-refractivity contribution in [2.75, 3.05) is 5.73 Å². The maximum Gasteiger partial charge on any atom is 0.121 e. The lowest BCUT2D eigenvalue weighted by Gasteiger charge is -2.01. The summed E-state index contributed by atoms with van der Waals surface area (Å²) in [7, 11) is 0. The molecule has 0 unspecified atom stereocenters. The molecule has 0 aromatic carbocycles. The minimum absolute atomic E-state index is 0.733. The molecule has 0 aliphatic heterocycles. The van der Waals surface area contributed by atoms with Crippen LogP contribution in [0.3, 0.4) is 0 Å². The molecule has 2 N–H and O–H groups in total. The van der Waals surface area contributed by atoms with E-state index in [1.807, 2.05) is 10.7 Å². The largest absolute Gasteiger partial charge is 0.384 e. The van der Waals surface area contributed by atoms with Crippen molar-refractivity contribution in [2.45, 2.75) is 13.0 Å². The highest BCUT2D eigenvalue weighted by molar-refractivity contribution is 7.09. The van der Waals surface area contributed by atoms with Gasteiger partial charge in [-0.25, -0.2) is 4.68 Å². The molecule has 2 rings (SSSR count). The third kappa shape index (κ3) is 1.89. The topological polar surface area (TPSA) is 43.8 Å². The smallest absolute Gasteiger partial charge is 0.121 e. The number of thiophene rings is 1. The van der Waals surface area contributed by atoms with E-state index in [9.17, 15) is 0 Å². The van der Waals surface area contributed by atoms with Crippen LogP contribution in [0.5, 0.6) is 0 Å². The number of nitrogens with two attached hydrogens (primary N) is 1. The van der Waals surface area contributed by atoms with Crippen LogP contribution < -0.4 is 5.73 Å². The van der Waals surface area contributed by atoms with E-state index in [1.54, 1.807) is 17.5 Å². The van der Waals surface area contributed by atoms with Gasteiger partial charge in [0.15, 0.2) is 0 Å². The quantitative estimate of drug-likeness (QED) is 0.807. The summed E-state index contributed by atoms with van der Waals surface area (Å²) in [5.41, 5.74) is 5.68. The second-order valence-corrected chi connectivity index (χ2v) is 3.84. The Morgan fingerprint density at radius 3 is 3.00 bits per heavy atom. The highest BCUT2D eigenvalue weighted by Gasteiger charge is 1.98. The number of anilines is 1. The lowest BCUT2D eigenvalue weighted by atomic mass is 10.3. The number of nitrogens with zero attached hydrogens (tertiary/aromatic N) is 2. The number of aryl methyl sites for hydroxylation is 2. The van der Waals surface area contributed by atoms with Gasteiger partial charge in [-0.05, 0) is 17.5 Å². The van der Waals surface area contributed by atoms with Crippen LogP contribution in [-0.2, 0) is 13.0 Å². The van der Waals surface area contributed by atoms with E-state index >= 15 is 0 Å². The van der Waals surface area contributed by atoms with E-state index in [0.29, 0.717) is 0 Å². The van der Waals surface area contributed by atoms with Crippen LogP contribution >= 0.6 is 11.3 Å². The summed E-state index contributed by atoms with van der Waals surface area (Å²) in [6.45, 7) is 0.860. The van der Waals surface area contributed by atoms with Crippen molar-refractivity contribution in [3.8, 4) is 0 Å².